The van der Waals surface area contributed by atoms with Crippen LogP contribution in [-0.2, 0) is 0 Å². The molecule has 0 radical (unpaired) electrons. The number of anilines is 1. The van der Waals surface area contributed by atoms with Gasteiger partial charge in [0.2, 0.25) is 0 Å². The molecule has 4 heteroatoms. The van der Waals surface area contributed by atoms with Gasteiger partial charge in [-0.05, 0) is 32.4 Å². The maximum absolute atomic E-state index is 8.94. The molecule has 4 nitrogen and oxygen atoms in total. The second kappa shape index (κ2) is 5.18. The van der Waals surface area contributed by atoms with Crippen molar-refractivity contribution in [3.63, 3.8) is 0 Å². The number of fused-ring (bicyclic) bond motifs is 1. The average Bonchev–Trinajstić information content (AvgIpc) is 2.38. The molecule has 96 valence electrons. The molecule has 1 aliphatic rings. The highest BCUT2D eigenvalue weighted by Gasteiger charge is 2.16. The third-order valence-electron chi connectivity index (χ3n) is 2.92. The third-order valence-corrected chi connectivity index (χ3v) is 2.92. The van der Waals surface area contributed by atoms with E-state index in [1.807, 2.05) is 32.0 Å². The van der Waals surface area contributed by atoms with Crippen molar-refractivity contribution >= 4 is 5.69 Å². The number of rotatable bonds is 4. The Hall–Kier alpha value is -1.89. The number of hydrogen-bond donors (Lipinski definition) is 1. The molecule has 0 saturated heterocycles. The molecule has 1 aliphatic heterocycles. The zero-order valence-electron chi connectivity index (χ0n) is 10.8. The molecular weight excluding hydrogens is 228 g/mol. The lowest BCUT2D eigenvalue weighted by Gasteiger charge is -2.20. The molecule has 0 fully saturated rings. The molecule has 0 spiro atoms. The van der Waals surface area contributed by atoms with Gasteiger partial charge < -0.3 is 14.8 Å². The van der Waals surface area contributed by atoms with Gasteiger partial charge in [-0.25, -0.2) is 0 Å². The van der Waals surface area contributed by atoms with Gasteiger partial charge in [-0.1, -0.05) is 0 Å². The number of nitrogens with one attached hydrogen (secondary N) is 1. The van der Waals surface area contributed by atoms with E-state index < -0.39 is 0 Å². The van der Waals surface area contributed by atoms with Gasteiger partial charge in [-0.3, -0.25) is 0 Å². The van der Waals surface area contributed by atoms with Crippen molar-refractivity contribution in [2.45, 2.75) is 20.3 Å². The Morgan fingerprint density at radius 2 is 2.00 bits per heavy atom. The summed E-state index contributed by atoms with van der Waals surface area (Å²) in [6.45, 7) is 5.85. The third kappa shape index (κ3) is 3.07. The second-order valence-corrected chi connectivity index (χ2v) is 5.03. The smallest absolute Gasteiger partial charge is 0.163 e. The van der Waals surface area contributed by atoms with Crippen molar-refractivity contribution < 1.29 is 9.47 Å². The van der Waals surface area contributed by atoms with Crippen LogP contribution in [0.2, 0.25) is 0 Å². The normalized spacial score (nSPS) is 13.8. The van der Waals surface area contributed by atoms with E-state index in [2.05, 4.69) is 11.4 Å². The summed E-state index contributed by atoms with van der Waals surface area (Å²) in [6.07, 6.45) is 0.804. The number of nitrogens with zero attached hydrogens (tertiary/aromatic N) is 1. The molecule has 1 aromatic carbocycles. The fraction of sp³-hybridized carbons (Fsp3) is 0.500. The van der Waals surface area contributed by atoms with Crippen molar-refractivity contribution in [3.8, 4) is 17.6 Å². The first-order valence-corrected chi connectivity index (χ1v) is 6.15. The van der Waals surface area contributed by atoms with Crippen molar-refractivity contribution in [2.24, 2.45) is 5.41 Å². The Kier molecular flexibility index (Phi) is 3.61. The van der Waals surface area contributed by atoms with Crippen LogP contribution in [0.5, 0.6) is 11.5 Å². The van der Waals surface area contributed by atoms with Crippen molar-refractivity contribution in [1.29, 1.82) is 5.26 Å². The molecule has 0 aliphatic carbocycles. The van der Waals surface area contributed by atoms with Gasteiger partial charge in [-0.15, -0.1) is 0 Å². The predicted molar refractivity (Wildman–Crippen MR) is 69.9 cm³/mol. The zero-order chi connectivity index (χ0) is 13.0. The van der Waals surface area contributed by atoms with E-state index in [1.54, 1.807) is 0 Å². The van der Waals surface area contributed by atoms with Crippen LogP contribution in [0.1, 0.15) is 20.3 Å². The Morgan fingerprint density at radius 3 is 2.72 bits per heavy atom. The highest BCUT2D eigenvalue weighted by molar-refractivity contribution is 5.55. The average molecular weight is 246 g/mol. The van der Waals surface area contributed by atoms with Gasteiger partial charge in [0.1, 0.15) is 13.2 Å². The fourth-order valence-corrected chi connectivity index (χ4v) is 1.73. The molecule has 0 saturated carbocycles. The van der Waals surface area contributed by atoms with Crippen LogP contribution in [0.4, 0.5) is 5.69 Å². The molecule has 0 amide bonds. The van der Waals surface area contributed by atoms with Crippen LogP contribution < -0.4 is 14.8 Å². The van der Waals surface area contributed by atoms with Crippen LogP contribution in [0.15, 0.2) is 18.2 Å². The van der Waals surface area contributed by atoms with Gasteiger partial charge in [0.05, 0.1) is 11.5 Å². The lowest BCUT2D eigenvalue weighted by Crippen LogP contribution is -2.16. The van der Waals surface area contributed by atoms with E-state index in [0.717, 1.165) is 30.2 Å². The van der Waals surface area contributed by atoms with Gasteiger partial charge >= 0.3 is 0 Å². The standard InChI is InChI=1S/C14H18N2O2/c1-14(2,10-15)5-6-16-11-3-4-12-13(9-11)18-8-7-17-12/h3-4,9,16H,5-8H2,1-2H3. The molecule has 0 atom stereocenters. The van der Waals surface area contributed by atoms with Crippen LogP contribution in [0, 0.1) is 16.7 Å². The van der Waals surface area contributed by atoms with Crippen LogP contribution >= 0.6 is 0 Å². The summed E-state index contributed by atoms with van der Waals surface area (Å²) in [6, 6.07) is 8.11. The van der Waals surface area contributed by atoms with E-state index in [4.69, 9.17) is 14.7 Å². The number of ether oxygens (including phenoxy) is 2. The van der Waals surface area contributed by atoms with E-state index in [9.17, 15) is 0 Å². The quantitative estimate of drug-likeness (QED) is 0.887. The minimum absolute atomic E-state index is 0.291. The van der Waals surface area contributed by atoms with Crippen molar-refractivity contribution in [1.82, 2.24) is 0 Å². The molecule has 0 bridgehead atoms. The summed E-state index contributed by atoms with van der Waals surface area (Å²) in [5, 5.41) is 12.2. The summed E-state index contributed by atoms with van der Waals surface area (Å²) in [5.74, 6) is 1.58. The monoisotopic (exact) mass is 246 g/mol. The molecule has 2 rings (SSSR count). The number of nitriles is 1. The number of benzene rings is 1. The van der Waals surface area contributed by atoms with Gasteiger partial charge in [0.15, 0.2) is 11.5 Å². The summed E-state index contributed by atoms with van der Waals surface area (Å²) < 4.78 is 11.0. The SMILES string of the molecule is CC(C)(C#N)CCNc1ccc2c(c1)OCCO2. The fourth-order valence-electron chi connectivity index (χ4n) is 1.73. The number of hydrogen-bond acceptors (Lipinski definition) is 4. The highest BCUT2D eigenvalue weighted by atomic mass is 16.6. The first kappa shape index (κ1) is 12.6. The van der Waals surface area contributed by atoms with Crippen LogP contribution in [-0.4, -0.2) is 19.8 Å². The van der Waals surface area contributed by atoms with Gasteiger partial charge in [0.25, 0.3) is 0 Å². The summed E-state index contributed by atoms with van der Waals surface area (Å²) in [7, 11) is 0. The van der Waals surface area contributed by atoms with Gasteiger partial charge in [-0.2, -0.15) is 5.26 Å². The van der Waals surface area contributed by atoms with E-state index >= 15 is 0 Å². The molecule has 1 aromatic rings. The maximum atomic E-state index is 8.94. The van der Waals surface area contributed by atoms with Crippen molar-refractivity contribution in [3.05, 3.63) is 18.2 Å². The molecular formula is C14H18N2O2. The molecule has 1 N–H and O–H groups in total. The van der Waals surface area contributed by atoms with Crippen molar-refractivity contribution in [2.75, 3.05) is 25.1 Å². The van der Waals surface area contributed by atoms with E-state index in [1.165, 1.54) is 0 Å². The largest absolute Gasteiger partial charge is 0.486 e. The second-order valence-electron chi connectivity index (χ2n) is 5.03. The van der Waals surface area contributed by atoms with Crippen LogP contribution in [0.3, 0.4) is 0 Å². The van der Waals surface area contributed by atoms with E-state index in [0.29, 0.717) is 13.2 Å². The lowest BCUT2D eigenvalue weighted by molar-refractivity contribution is 0.171. The molecule has 0 unspecified atom stereocenters. The first-order chi connectivity index (χ1) is 8.61. The predicted octanol–water partition coefficient (Wildman–Crippen LogP) is 2.81. The Labute approximate surface area is 108 Å². The topological polar surface area (TPSA) is 54.3 Å². The summed E-state index contributed by atoms with van der Waals surface area (Å²) in [4.78, 5) is 0. The molecule has 0 aromatic heterocycles. The summed E-state index contributed by atoms with van der Waals surface area (Å²) in [5.41, 5.74) is 0.703. The minimum Gasteiger partial charge on any atom is -0.486 e. The van der Waals surface area contributed by atoms with E-state index in [-0.39, 0.29) is 5.41 Å². The summed E-state index contributed by atoms with van der Waals surface area (Å²) >= 11 is 0. The Balaban J connectivity index is 1.93. The van der Waals surface area contributed by atoms with Gasteiger partial charge in [0, 0.05) is 18.3 Å². The zero-order valence-corrected chi connectivity index (χ0v) is 10.8. The minimum atomic E-state index is -0.291. The lowest BCUT2D eigenvalue weighted by atomic mass is 9.91. The maximum Gasteiger partial charge on any atom is 0.163 e. The molecule has 18 heavy (non-hydrogen) atoms. The highest BCUT2D eigenvalue weighted by Crippen LogP contribution is 2.32. The molecule has 1 heterocycles. The van der Waals surface area contributed by atoms with Crippen LogP contribution in [0.25, 0.3) is 0 Å². The Bertz CT molecular complexity index is 463. The first-order valence-electron chi connectivity index (χ1n) is 6.15. The Morgan fingerprint density at radius 1 is 1.28 bits per heavy atom.